The number of nitrogen functional groups attached to an aromatic ring is 1. The fourth-order valence-corrected chi connectivity index (χ4v) is 2.83. The minimum Gasteiger partial charge on any atom is -0.399 e. The number of nitrogens with zero attached hydrogens (tertiary/aromatic N) is 3. The summed E-state index contributed by atoms with van der Waals surface area (Å²) in [5.41, 5.74) is 9.56. The highest BCUT2D eigenvalue weighted by Crippen LogP contribution is 2.16. The Morgan fingerprint density at radius 2 is 2.15 bits per heavy atom. The summed E-state index contributed by atoms with van der Waals surface area (Å²) in [6.07, 6.45) is 0. The molecule has 0 bridgehead atoms. The van der Waals surface area contributed by atoms with E-state index in [1.807, 2.05) is 25.1 Å². The molecule has 3 rings (SSSR count). The largest absolute Gasteiger partial charge is 0.399 e. The molecule has 0 aliphatic carbocycles. The number of H-pyrrole nitrogens is 1. The zero-order valence-corrected chi connectivity index (χ0v) is 12.4. The molecule has 0 unspecified atom stereocenters. The second-order valence-electron chi connectivity index (χ2n) is 4.99. The van der Waals surface area contributed by atoms with Gasteiger partial charge in [-0.25, -0.2) is 9.97 Å². The van der Waals surface area contributed by atoms with Gasteiger partial charge in [0, 0.05) is 17.6 Å². The Morgan fingerprint density at radius 1 is 1.30 bits per heavy atom. The topological polar surface area (TPSA) is 70.8 Å². The van der Waals surface area contributed by atoms with E-state index in [1.165, 1.54) is 0 Å². The zero-order valence-electron chi connectivity index (χ0n) is 11.6. The third-order valence-electron chi connectivity index (χ3n) is 3.07. The number of aromatic amines is 1. The van der Waals surface area contributed by atoms with E-state index in [0.29, 0.717) is 0 Å². The van der Waals surface area contributed by atoms with E-state index >= 15 is 0 Å². The molecule has 0 fully saturated rings. The van der Waals surface area contributed by atoms with E-state index in [0.717, 1.165) is 46.3 Å². The van der Waals surface area contributed by atoms with Crippen molar-refractivity contribution in [1.82, 2.24) is 19.9 Å². The zero-order chi connectivity index (χ0) is 14.1. The summed E-state index contributed by atoms with van der Waals surface area (Å²) in [7, 11) is 2.07. The molecular formula is C14H17N5S. The molecule has 2 aromatic heterocycles. The highest BCUT2D eigenvalue weighted by atomic mass is 32.1. The number of aryl methyl sites for hydroxylation is 1. The van der Waals surface area contributed by atoms with Crippen LogP contribution in [0.1, 0.15) is 16.5 Å². The molecule has 0 aliphatic rings. The Bertz CT molecular complexity index is 730. The first kappa shape index (κ1) is 13.1. The molecule has 0 aliphatic heterocycles. The van der Waals surface area contributed by atoms with Crippen molar-refractivity contribution in [3.63, 3.8) is 0 Å². The number of nitrogens with one attached hydrogen (secondary N) is 1. The predicted octanol–water partition coefficient (Wildman–Crippen LogP) is 2.54. The van der Waals surface area contributed by atoms with Gasteiger partial charge >= 0.3 is 0 Å². The summed E-state index contributed by atoms with van der Waals surface area (Å²) in [5.74, 6) is 0.944. The van der Waals surface area contributed by atoms with Crippen molar-refractivity contribution < 1.29 is 0 Å². The van der Waals surface area contributed by atoms with Gasteiger partial charge in [0.05, 0.1) is 28.3 Å². The van der Waals surface area contributed by atoms with Crippen LogP contribution < -0.4 is 5.73 Å². The number of aromatic nitrogens is 3. The average molecular weight is 287 g/mol. The first-order valence-corrected chi connectivity index (χ1v) is 7.32. The lowest BCUT2D eigenvalue weighted by atomic mass is 10.3. The molecule has 5 nitrogen and oxygen atoms in total. The van der Waals surface area contributed by atoms with Crippen molar-refractivity contribution in [3.05, 3.63) is 40.1 Å². The van der Waals surface area contributed by atoms with E-state index in [9.17, 15) is 0 Å². The lowest BCUT2D eigenvalue weighted by Gasteiger charge is -2.13. The molecule has 0 radical (unpaired) electrons. The van der Waals surface area contributed by atoms with Crippen molar-refractivity contribution in [2.75, 3.05) is 12.8 Å². The number of thiazole rings is 1. The number of hydrogen-bond acceptors (Lipinski definition) is 5. The van der Waals surface area contributed by atoms with Gasteiger partial charge in [0.15, 0.2) is 0 Å². The molecule has 3 aromatic rings. The second kappa shape index (κ2) is 5.22. The van der Waals surface area contributed by atoms with Crippen LogP contribution in [0.5, 0.6) is 0 Å². The van der Waals surface area contributed by atoms with Crippen LogP contribution in [0.15, 0.2) is 23.6 Å². The highest BCUT2D eigenvalue weighted by Gasteiger charge is 2.08. The molecule has 0 saturated carbocycles. The monoisotopic (exact) mass is 287 g/mol. The van der Waals surface area contributed by atoms with Crippen molar-refractivity contribution in [3.8, 4) is 0 Å². The molecule has 20 heavy (non-hydrogen) atoms. The summed E-state index contributed by atoms with van der Waals surface area (Å²) < 4.78 is 0. The van der Waals surface area contributed by atoms with Crippen molar-refractivity contribution >= 4 is 28.1 Å². The summed E-state index contributed by atoms with van der Waals surface area (Å²) >= 11 is 1.68. The number of benzene rings is 1. The molecule has 0 spiro atoms. The fraction of sp³-hybridized carbons (Fsp3) is 0.286. The SMILES string of the molecule is Cc1nc(CN(C)Cc2nc3ccc(N)cc3[nH]2)cs1. The molecular weight excluding hydrogens is 270 g/mol. The predicted molar refractivity (Wildman–Crippen MR) is 82.5 cm³/mol. The molecule has 6 heteroatoms. The van der Waals surface area contributed by atoms with E-state index in [4.69, 9.17) is 5.73 Å². The molecule has 0 saturated heterocycles. The first-order valence-electron chi connectivity index (χ1n) is 6.44. The first-order chi connectivity index (χ1) is 9.60. The van der Waals surface area contributed by atoms with Gasteiger partial charge in [0.25, 0.3) is 0 Å². The van der Waals surface area contributed by atoms with Gasteiger partial charge in [0.1, 0.15) is 5.82 Å². The van der Waals surface area contributed by atoms with Crippen molar-refractivity contribution in [2.24, 2.45) is 0 Å². The van der Waals surface area contributed by atoms with Gasteiger partial charge in [-0.15, -0.1) is 11.3 Å². The number of hydrogen-bond donors (Lipinski definition) is 2. The number of rotatable bonds is 4. The van der Waals surface area contributed by atoms with E-state index in [2.05, 4.69) is 32.3 Å². The average Bonchev–Trinajstić information content (AvgIpc) is 2.94. The quantitative estimate of drug-likeness (QED) is 0.723. The van der Waals surface area contributed by atoms with Crippen molar-refractivity contribution in [1.29, 1.82) is 0 Å². The molecule has 3 N–H and O–H groups in total. The van der Waals surface area contributed by atoms with Gasteiger partial charge in [-0.1, -0.05) is 0 Å². The Balaban J connectivity index is 1.72. The molecule has 0 amide bonds. The Kier molecular flexibility index (Phi) is 3.42. The van der Waals surface area contributed by atoms with Crippen LogP contribution in [0.2, 0.25) is 0 Å². The van der Waals surface area contributed by atoms with Crippen LogP contribution in [-0.4, -0.2) is 26.9 Å². The van der Waals surface area contributed by atoms with Crippen LogP contribution >= 0.6 is 11.3 Å². The molecule has 1 aromatic carbocycles. The minimum atomic E-state index is 0.749. The summed E-state index contributed by atoms with van der Waals surface area (Å²) in [6.45, 7) is 3.60. The van der Waals surface area contributed by atoms with Crippen LogP contribution in [0.3, 0.4) is 0 Å². The number of imidazole rings is 1. The summed E-state index contributed by atoms with van der Waals surface area (Å²) in [5, 5.41) is 3.21. The molecule has 0 atom stereocenters. The molecule has 2 heterocycles. The second-order valence-corrected chi connectivity index (χ2v) is 6.05. The highest BCUT2D eigenvalue weighted by molar-refractivity contribution is 7.09. The van der Waals surface area contributed by atoms with Gasteiger partial charge in [-0.05, 0) is 32.2 Å². The van der Waals surface area contributed by atoms with Crippen LogP contribution in [0, 0.1) is 6.92 Å². The van der Waals surface area contributed by atoms with Gasteiger partial charge in [-0.2, -0.15) is 0 Å². The van der Waals surface area contributed by atoms with Crippen LogP contribution in [0.25, 0.3) is 11.0 Å². The smallest absolute Gasteiger partial charge is 0.121 e. The maximum atomic E-state index is 5.77. The Morgan fingerprint density at radius 3 is 2.90 bits per heavy atom. The van der Waals surface area contributed by atoms with E-state index in [1.54, 1.807) is 11.3 Å². The number of anilines is 1. The van der Waals surface area contributed by atoms with Crippen LogP contribution in [0.4, 0.5) is 5.69 Å². The summed E-state index contributed by atoms with van der Waals surface area (Å²) in [4.78, 5) is 14.5. The minimum absolute atomic E-state index is 0.749. The number of nitrogens with two attached hydrogens (primary N) is 1. The Labute approximate surface area is 121 Å². The van der Waals surface area contributed by atoms with Crippen LogP contribution in [-0.2, 0) is 13.1 Å². The lowest BCUT2D eigenvalue weighted by Crippen LogP contribution is -2.18. The van der Waals surface area contributed by atoms with E-state index < -0.39 is 0 Å². The molecule has 104 valence electrons. The third-order valence-corrected chi connectivity index (χ3v) is 3.90. The standard InChI is InChI=1S/C14H17N5S/c1-9-16-11(8-20-9)6-19(2)7-14-17-12-4-3-10(15)5-13(12)18-14/h3-5,8H,6-7,15H2,1-2H3,(H,17,18). The van der Waals surface area contributed by atoms with Crippen molar-refractivity contribution in [2.45, 2.75) is 20.0 Å². The Hall–Kier alpha value is -1.92. The third kappa shape index (κ3) is 2.81. The maximum Gasteiger partial charge on any atom is 0.121 e. The number of fused-ring (bicyclic) bond motifs is 1. The lowest BCUT2D eigenvalue weighted by molar-refractivity contribution is 0.308. The van der Waals surface area contributed by atoms with Gasteiger partial charge in [-0.3, -0.25) is 4.90 Å². The van der Waals surface area contributed by atoms with Gasteiger partial charge in [0.2, 0.25) is 0 Å². The van der Waals surface area contributed by atoms with Gasteiger partial charge < -0.3 is 10.7 Å². The maximum absolute atomic E-state index is 5.77. The normalized spacial score (nSPS) is 11.6. The summed E-state index contributed by atoms with van der Waals surface area (Å²) in [6, 6.07) is 5.72. The fourth-order valence-electron chi connectivity index (χ4n) is 2.22. The van der Waals surface area contributed by atoms with E-state index in [-0.39, 0.29) is 0 Å².